The third-order valence-corrected chi connectivity index (χ3v) is 6.70. The zero-order valence-electron chi connectivity index (χ0n) is 13.7. The predicted octanol–water partition coefficient (Wildman–Crippen LogP) is 1.77. The number of nitrogens with one attached hydrogen (secondary N) is 1. The second kappa shape index (κ2) is 5.79. The predicted molar refractivity (Wildman–Crippen MR) is 85.3 cm³/mol. The minimum Gasteiger partial charge on any atom is -0.392 e. The molecule has 1 aliphatic heterocycles. The molecule has 4 aliphatic carbocycles. The lowest BCUT2D eigenvalue weighted by molar-refractivity contribution is -0.129. The lowest BCUT2D eigenvalue weighted by Gasteiger charge is -2.54. The number of hydrogen-bond donors (Lipinski definition) is 2. The average molecular weight is 306 g/mol. The summed E-state index contributed by atoms with van der Waals surface area (Å²) in [7, 11) is 0. The second-order valence-electron chi connectivity index (χ2n) is 8.47. The molecule has 4 heteroatoms. The first-order valence-corrected chi connectivity index (χ1v) is 9.32. The summed E-state index contributed by atoms with van der Waals surface area (Å²) < 4.78 is 0. The van der Waals surface area contributed by atoms with Crippen molar-refractivity contribution in [2.75, 3.05) is 13.1 Å². The summed E-state index contributed by atoms with van der Waals surface area (Å²) in [5.74, 6) is 3.62. The van der Waals surface area contributed by atoms with Crippen LogP contribution in [-0.4, -0.2) is 47.2 Å². The fourth-order valence-electron chi connectivity index (χ4n) is 6.10. The smallest absolute Gasteiger partial charge is 0.237 e. The second-order valence-corrected chi connectivity index (χ2v) is 8.47. The van der Waals surface area contributed by atoms with Crippen molar-refractivity contribution < 1.29 is 9.90 Å². The van der Waals surface area contributed by atoms with Gasteiger partial charge in [0.15, 0.2) is 0 Å². The molecule has 1 heterocycles. The van der Waals surface area contributed by atoms with Crippen molar-refractivity contribution in [2.24, 2.45) is 23.7 Å². The standard InChI is InChI=1S/C18H30N2O2/c1-11(21)10-20-4-2-3-16(20)18(22)19-17-14-6-12-5-13(8-14)9-15(17)7-12/h11-17,21H,2-10H2,1H3,(H,19,22)/t11?,12?,13?,14?,15?,16-,17?/m0/s1. The molecule has 0 radical (unpaired) electrons. The number of aliphatic hydroxyl groups is 1. The van der Waals surface area contributed by atoms with Crippen molar-refractivity contribution in [3.05, 3.63) is 0 Å². The first-order valence-electron chi connectivity index (χ1n) is 9.32. The summed E-state index contributed by atoms with van der Waals surface area (Å²) >= 11 is 0. The maximum Gasteiger partial charge on any atom is 0.237 e. The van der Waals surface area contributed by atoms with Crippen molar-refractivity contribution in [2.45, 2.75) is 70.1 Å². The van der Waals surface area contributed by atoms with Gasteiger partial charge in [-0.25, -0.2) is 0 Å². The molecule has 5 rings (SSSR count). The van der Waals surface area contributed by atoms with Gasteiger partial charge in [0.25, 0.3) is 0 Å². The zero-order valence-corrected chi connectivity index (χ0v) is 13.7. The van der Waals surface area contributed by atoms with Crippen molar-refractivity contribution in [3.8, 4) is 0 Å². The molecule has 2 N–H and O–H groups in total. The number of β-amino-alcohol motifs (C(OH)–C–C–N with tert-alkyl or cyclic N) is 1. The maximum atomic E-state index is 12.8. The molecule has 0 aromatic rings. The van der Waals surface area contributed by atoms with Gasteiger partial charge in [-0.3, -0.25) is 9.69 Å². The molecular weight excluding hydrogens is 276 g/mol. The highest BCUT2D eigenvalue weighted by molar-refractivity contribution is 5.82. The van der Waals surface area contributed by atoms with E-state index in [1.54, 1.807) is 0 Å². The normalized spacial score (nSPS) is 45.2. The molecule has 5 aliphatic rings. The van der Waals surface area contributed by atoms with E-state index < -0.39 is 0 Å². The van der Waals surface area contributed by atoms with Crippen LogP contribution in [0.5, 0.6) is 0 Å². The van der Waals surface area contributed by atoms with Crippen molar-refractivity contribution in [1.82, 2.24) is 10.2 Å². The van der Waals surface area contributed by atoms with Gasteiger partial charge in [-0.15, -0.1) is 0 Å². The van der Waals surface area contributed by atoms with Crippen molar-refractivity contribution in [3.63, 3.8) is 0 Å². The Morgan fingerprint density at radius 3 is 2.41 bits per heavy atom. The quantitative estimate of drug-likeness (QED) is 0.832. The third-order valence-electron chi connectivity index (χ3n) is 6.70. The molecule has 1 amide bonds. The molecule has 124 valence electrons. The number of hydrogen-bond acceptors (Lipinski definition) is 3. The Morgan fingerprint density at radius 1 is 1.18 bits per heavy atom. The Morgan fingerprint density at radius 2 is 1.82 bits per heavy atom. The van der Waals surface area contributed by atoms with Gasteiger partial charge in [-0.2, -0.15) is 0 Å². The molecule has 4 saturated carbocycles. The Bertz CT molecular complexity index is 409. The van der Waals surface area contributed by atoms with Crippen LogP contribution in [0.3, 0.4) is 0 Å². The minimum atomic E-state index is -0.352. The van der Waals surface area contributed by atoms with Crippen LogP contribution in [0.2, 0.25) is 0 Å². The Hall–Kier alpha value is -0.610. The van der Waals surface area contributed by atoms with Gasteiger partial charge in [-0.1, -0.05) is 0 Å². The molecule has 2 atom stereocenters. The largest absolute Gasteiger partial charge is 0.392 e. The van der Waals surface area contributed by atoms with E-state index in [1.807, 2.05) is 6.92 Å². The van der Waals surface area contributed by atoms with Crippen LogP contribution < -0.4 is 5.32 Å². The number of carbonyl (C=O) groups is 1. The Labute approximate surface area is 133 Å². The number of carbonyl (C=O) groups excluding carboxylic acids is 1. The van der Waals surface area contributed by atoms with E-state index in [4.69, 9.17) is 0 Å². The molecular formula is C18H30N2O2. The van der Waals surface area contributed by atoms with Crippen molar-refractivity contribution >= 4 is 5.91 Å². The van der Waals surface area contributed by atoms with Crippen LogP contribution in [0.4, 0.5) is 0 Å². The average Bonchev–Trinajstić information content (AvgIpc) is 2.89. The number of aliphatic hydroxyl groups excluding tert-OH is 1. The molecule has 1 unspecified atom stereocenters. The molecule has 5 fully saturated rings. The molecule has 4 bridgehead atoms. The topological polar surface area (TPSA) is 52.6 Å². The monoisotopic (exact) mass is 306 g/mol. The SMILES string of the molecule is CC(O)CN1CCC[C@H]1C(=O)NC1C2CC3CC(C2)CC1C3. The third kappa shape index (κ3) is 2.69. The molecule has 4 nitrogen and oxygen atoms in total. The van der Waals surface area contributed by atoms with Crippen LogP contribution in [0, 0.1) is 23.7 Å². The molecule has 0 spiro atoms. The van der Waals surface area contributed by atoms with E-state index in [1.165, 1.54) is 32.1 Å². The lowest BCUT2D eigenvalue weighted by Crippen LogP contribution is -2.58. The Balaban J connectivity index is 1.39. The highest BCUT2D eigenvalue weighted by Crippen LogP contribution is 2.53. The summed E-state index contributed by atoms with van der Waals surface area (Å²) in [5, 5.41) is 13.1. The van der Waals surface area contributed by atoms with E-state index in [9.17, 15) is 9.90 Å². The van der Waals surface area contributed by atoms with E-state index in [0.29, 0.717) is 12.6 Å². The van der Waals surface area contributed by atoms with Gasteiger partial charge in [0, 0.05) is 12.6 Å². The number of rotatable bonds is 4. The Kier molecular flexibility index (Phi) is 3.93. The first kappa shape index (κ1) is 14.9. The molecule has 22 heavy (non-hydrogen) atoms. The first-order chi connectivity index (χ1) is 10.6. The highest BCUT2D eigenvalue weighted by atomic mass is 16.3. The van der Waals surface area contributed by atoms with Gasteiger partial charge in [-0.05, 0) is 82.1 Å². The van der Waals surface area contributed by atoms with Gasteiger partial charge in [0.1, 0.15) is 0 Å². The molecule has 0 aromatic heterocycles. The number of amides is 1. The van der Waals surface area contributed by atoms with Crippen LogP contribution in [0.15, 0.2) is 0 Å². The van der Waals surface area contributed by atoms with Crippen LogP contribution >= 0.6 is 0 Å². The van der Waals surface area contributed by atoms with Gasteiger partial charge >= 0.3 is 0 Å². The summed E-state index contributed by atoms with van der Waals surface area (Å²) in [4.78, 5) is 15.0. The van der Waals surface area contributed by atoms with Crippen molar-refractivity contribution in [1.29, 1.82) is 0 Å². The molecule has 0 aromatic carbocycles. The fraction of sp³-hybridized carbons (Fsp3) is 0.944. The summed E-state index contributed by atoms with van der Waals surface area (Å²) in [6.45, 7) is 3.38. The van der Waals surface area contributed by atoms with Crippen LogP contribution in [-0.2, 0) is 4.79 Å². The lowest BCUT2D eigenvalue weighted by atomic mass is 9.54. The van der Waals surface area contributed by atoms with E-state index in [-0.39, 0.29) is 18.1 Å². The van der Waals surface area contributed by atoms with Crippen LogP contribution in [0.25, 0.3) is 0 Å². The highest BCUT2D eigenvalue weighted by Gasteiger charge is 2.49. The van der Waals surface area contributed by atoms with Gasteiger partial charge < -0.3 is 10.4 Å². The fourth-order valence-corrected chi connectivity index (χ4v) is 6.10. The van der Waals surface area contributed by atoms with E-state index in [0.717, 1.165) is 43.1 Å². The number of likely N-dealkylation sites (tertiary alicyclic amines) is 1. The van der Waals surface area contributed by atoms with Crippen LogP contribution in [0.1, 0.15) is 51.9 Å². The minimum absolute atomic E-state index is 0.00760. The number of nitrogens with zero attached hydrogens (tertiary/aromatic N) is 1. The summed E-state index contributed by atoms with van der Waals surface area (Å²) in [5.41, 5.74) is 0. The van der Waals surface area contributed by atoms with Gasteiger partial charge in [0.2, 0.25) is 5.91 Å². The molecule has 1 saturated heterocycles. The maximum absolute atomic E-state index is 12.8. The zero-order chi connectivity index (χ0) is 15.3. The van der Waals surface area contributed by atoms with Gasteiger partial charge in [0.05, 0.1) is 12.1 Å². The summed E-state index contributed by atoms with van der Waals surface area (Å²) in [6, 6.07) is 0.432. The summed E-state index contributed by atoms with van der Waals surface area (Å²) in [6.07, 6.45) is 8.52. The van der Waals surface area contributed by atoms with E-state index >= 15 is 0 Å². The van der Waals surface area contributed by atoms with E-state index in [2.05, 4.69) is 10.2 Å².